The molecule has 8 heteroatoms. The van der Waals surface area contributed by atoms with Crippen molar-refractivity contribution in [1.29, 1.82) is 0 Å². The Morgan fingerprint density at radius 3 is 2.80 bits per heavy atom. The van der Waals surface area contributed by atoms with Crippen molar-refractivity contribution in [3.8, 4) is 0 Å². The molecule has 1 atom stereocenters. The molecular formula is C17H26IN7. The number of halogens is 1. The molecule has 1 unspecified atom stereocenters. The van der Waals surface area contributed by atoms with E-state index in [1.54, 1.807) is 6.33 Å². The Kier molecular flexibility index (Phi) is 7.48. The van der Waals surface area contributed by atoms with Gasteiger partial charge in [-0.05, 0) is 25.5 Å². The summed E-state index contributed by atoms with van der Waals surface area (Å²) in [7, 11) is 1.93. The highest BCUT2D eigenvalue weighted by Gasteiger charge is 2.23. The summed E-state index contributed by atoms with van der Waals surface area (Å²) in [4.78, 5) is 7.04. The minimum atomic E-state index is 0. The van der Waals surface area contributed by atoms with Crippen LogP contribution < -0.4 is 15.5 Å². The molecule has 2 aromatic rings. The first-order chi connectivity index (χ1) is 11.8. The van der Waals surface area contributed by atoms with Gasteiger partial charge in [-0.3, -0.25) is 0 Å². The van der Waals surface area contributed by atoms with E-state index in [9.17, 15) is 0 Å². The van der Waals surface area contributed by atoms with Gasteiger partial charge in [0.1, 0.15) is 12.9 Å². The second-order valence-electron chi connectivity index (χ2n) is 5.96. The van der Waals surface area contributed by atoms with Gasteiger partial charge in [-0.1, -0.05) is 18.2 Å². The topological polar surface area (TPSA) is 70.4 Å². The van der Waals surface area contributed by atoms with Crippen LogP contribution in [0.15, 0.2) is 41.7 Å². The van der Waals surface area contributed by atoms with Gasteiger partial charge in [0, 0.05) is 38.4 Å². The fourth-order valence-electron chi connectivity index (χ4n) is 2.86. The van der Waals surface area contributed by atoms with Crippen molar-refractivity contribution in [2.24, 2.45) is 12.0 Å². The number of nitrogens with one attached hydrogen (secondary N) is 2. The largest absolute Gasteiger partial charge is 0.369 e. The number of hydrogen-bond donors (Lipinski definition) is 2. The Morgan fingerprint density at radius 1 is 1.32 bits per heavy atom. The van der Waals surface area contributed by atoms with Gasteiger partial charge in [0.25, 0.3) is 0 Å². The first kappa shape index (κ1) is 19.5. The molecule has 7 nitrogen and oxygen atoms in total. The van der Waals surface area contributed by atoms with Gasteiger partial charge in [-0.15, -0.1) is 34.2 Å². The van der Waals surface area contributed by atoms with Crippen LogP contribution in [-0.4, -0.2) is 46.4 Å². The average molecular weight is 455 g/mol. The standard InChI is InChI=1S/C17H25N7.HI/c1-3-18-17(19-11-16-22-20-13-23(16)2)21-14-9-10-24(12-14)15-7-5-4-6-8-15;/h4-8,13-14H,3,9-12H2,1-2H3,(H2,18,19,21);1H. The molecule has 3 rings (SSSR count). The molecule has 1 aromatic carbocycles. The van der Waals surface area contributed by atoms with E-state index in [1.165, 1.54) is 5.69 Å². The van der Waals surface area contributed by atoms with Crippen molar-refractivity contribution in [3.05, 3.63) is 42.5 Å². The molecule has 0 amide bonds. The summed E-state index contributed by atoms with van der Waals surface area (Å²) < 4.78 is 1.89. The molecule has 0 aliphatic carbocycles. The highest BCUT2D eigenvalue weighted by molar-refractivity contribution is 14.0. The van der Waals surface area contributed by atoms with Gasteiger partial charge in [-0.2, -0.15) is 0 Å². The fourth-order valence-corrected chi connectivity index (χ4v) is 2.86. The number of anilines is 1. The number of para-hydroxylation sites is 1. The normalized spacial score (nSPS) is 17.3. The number of benzene rings is 1. The van der Waals surface area contributed by atoms with E-state index in [4.69, 9.17) is 0 Å². The van der Waals surface area contributed by atoms with Crippen molar-refractivity contribution in [2.45, 2.75) is 25.9 Å². The lowest BCUT2D eigenvalue weighted by Gasteiger charge is -2.20. The second kappa shape index (κ2) is 9.59. The zero-order valence-electron chi connectivity index (χ0n) is 14.7. The Morgan fingerprint density at radius 2 is 2.12 bits per heavy atom. The van der Waals surface area contributed by atoms with Crippen LogP contribution in [0.3, 0.4) is 0 Å². The van der Waals surface area contributed by atoms with E-state index in [0.717, 1.165) is 37.8 Å². The number of aryl methyl sites for hydroxylation is 1. The highest BCUT2D eigenvalue weighted by Crippen LogP contribution is 2.19. The van der Waals surface area contributed by atoms with Crippen molar-refractivity contribution in [2.75, 3.05) is 24.5 Å². The van der Waals surface area contributed by atoms with Crippen LogP contribution in [0.25, 0.3) is 0 Å². The number of rotatable bonds is 5. The Labute approximate surface area is 165 Å². The minimum absolute atomic E-state index is 0. The Balaban J connectivity index is 0.00000225. The summed E-state index contributed by atoms with van der Waals surface area (Å²) >= 11 is 0. The highest BCUT2D eigenvalue weighted by atomic mass is 127. The molecule has 136 valence electrons. The monoisotopic (exact) mass is 455 g/mol. The van der Waals surface area contributed by atoms with E-state index >= 15 is 0 Å². The summed E-state index contributed by atoms with van der Waals surface area (Å²) in [5.41, 5.74) is 1.28. The molecule has 2 heterocycles. The predicted molar refractivity (Wildman–Crippen MR) is 111 cm³/mol. The number of guanidine groups is 1. The zero-order chi connectivity index (χ0) is 16.8. The van der Waals surface area contributed by atoms with Crippen LogP contribution in [0, 0.1) is 0 Å². The maximum atomic E-state index is 4.63. The molecule has 0 radical (unpaired) electrons. The smallest absolute Gasteiger partial charge is 0.191 e. The third-order valence-electron chi connectivity index (χ3n) is 4.18. The maximum absolute atomic E-state index is 4.63. The van der Waals surface area contributed by atoms with Crippen LogP contribution in [0.1, 0.15) is 19.2 Å². The van der Waals surface area contributed by atoms with Gasteiger partial charge in [-0.25, -0.2) is 4.99 Å². The molecule has 1 aliphatic heterocycles. The molecule has 1 fully saturated rings. The number of aromatic nitrogens is 3. The summed E-state index contributed by atoms with van der Waals surface area (Å²) in [5.74, 6) is 1.69. The Hall–Kier alpha value is -1.84. The number of hydrogen-bond acceptors (Lipinski definition) is 4. The van der Waals surface area contributed by atoms with Crippen LogP contribution in [-0.2, 0) is 13.6 Å². The first-order valence-electron chi connectivity index (χ1n) is 8.44. The van der Waals surface area contributed by atoms with E-state index < -0.39 is 0 Å². The molecule has 0 saturated carbocycles. The summed E-state index contributed by atoms with van der Waals surface area (Å²) in [6.07, 6.45) is 2.79. The minimum Gasteiger partial charge on any atom is -0.369 e. The summed E-state index contributed by atoms with van der Waals surface area (Å²) in [6.45, 7) is 5.47. The molecule has 0 spiro atoms. The van der Waals surface area contributed by atoms with Crippen molar-refractivity contribution < 1.29 is 0 Å². The molecular weight excluding hydrogens is 429 g/mol. The lowest BCUT2D eigenvalue weighted by Crippen LogP contribution is -2.44. The van der Waals surface area contributed by atoms with E-state index in [2.05, 4.69) is 68.0 Å². The van der Waals surface area contributed by atoms with Crippen molar-refractivity contribution >= 4 is 35.6 Å². The molecule has 25 heavy (non-hydrogen) atoms. The third-order valence-corrected chi connectivity index (χ3v) is 4.18. The van der Waals surface area contributed by atoms with Crippen LogP contribution >= 0.6 is 24.0 Å². The fraction of sp³-hybridized carbons (Fsp3) is 0.471. The lowest BCUT2D eigenvalue weighted by atomic mass is 10.3. The van der Waals surface area contributed by atoms with Gasteiger partial charge >= 0.3 is 0 Å². The maximum Gasteiger partial charge on any atom is 0.191 e. The molecule has 0 bridgehead atoms. The SMILES string of the molecule is CCNC(=NCc1nncn1C)NC1CCN(c2ccccc2)C1.I. The quantitative estimate of drug-likeness (QED) is 0.409. The van der Waals surface area contributed by atoms with Crippen molar-refractivity contribution in [1.82, 2.24) is 25.4 Å². The molecule has 1 aliphatic rings. The van der Waals surface area contributed by atoms with Crippen LogP contribution in [0.4, 0.5) is 5.69 Å². The summed E-state index contributed by atoms with van der Waals surface area (Å²) in [5, 5.41) is 14.8. The van der Waals surface area contributed by atoms with Gasteiger partial charge in [0.05, 0.1) is 0 Å². The predicted octanol–water partition coefficient (Wildman–Crippen LogP) is 1.77. The van der Waals surface area contributed by atoms with Crippen LogP contribution in [0.5, 0.6) is 0 Å². The van der Waals surface area contributed by atoms with Gasteiger partial charge < -0.3 is 20.1 Å². The average Bonchev–Trinajstić information content (AvgIpc) is 3.23. The molecule has 1 saturated heterocycles. The second-order valence-corrected chi connectivity index (χ2v) is 5.96. The van der Waals surface area contributed by atoms with Gasteiger partial charge in [0.2, 0.25) is 0 Å². The van der Waals surface area contributed by atoms with Gasteiger partial charge in [0.15, 0.2) is 11.8 Å². The summed E-state index contributed by atoms with van der Waals surface area (Å²) in [6, 6.07) is 10.9. The molecule has 1 aromatic heterocycles. The van der Waals surface area contributed by atoms with Crippen LogP contribution in [0.2, 0.25) is 0 Å². The number of nitrogens with zero attached hydrogens (tertiary/aromatic N) is 5. The zero-order valence-corrected chi connectivity index (χ0v) is 17.1. The third kappa shape index (κ3) is 5.32. The first-order valence-corrected chi connectivity index (χ1v) is 8.44. The lowest BCUT2D eigenvalue weighted by molar-refractivity contribution is 0.647. The van der Waals surface area contributed by atoms with E-state index in [-0.39, 0.29) is 24.0 Å². The van der Waals surface area contributed by atoms with E-state index in [1.807, 2.05) is 11.6 Å². The van der Waals surface area contributed by atoms with E-state index in [0.29, 0.717) is 12.6 Å². The van der Waals surface area contributed by atoms with Crippen molar-refractivity contribution in [3.63, 3.8) is 0 Å². The number of aliphatic imine (C=N–C) groups is 1. The Bertz CT molecular complexity index is 671. The molecule has 2 N–H and O–H groups in total.